The van der Waals surface area contributed by atoms with Gasteiger partial charge >= 0.3 is 12.4 Å². The first kappa shape index (κ1) is 34.2. The van der Waals surface area contributed by atoms with Crippen LogP contribution in [0, 0.1) is 18.7 Å². The first-order valence-electron chi connectivity index (χ1n) is 13.9. The largest absolute Gasteiger partial charge is 0.397 e. The number of carbonyl (C=O) groups excluding carboxylic acids is 1. The van der Waals surface area contributed by atoms with Gasteiger partial charge in [-0.1, -0.05) is 73.3 Å². The van der Waals surface area contributed by atoms with E-state index in [0.717, 1.165) is 42.5 Å². The fourth-order valence-electron chi connectivity index (χ4n) is 6.99. The number of sulfonamides is 1. The molecule has 4 unspecified atom stereocenters. The lowest BCUT2D eigenvalue weighted by Crippen LogP contribution is -2.71. The minimum Gasteiger partial charge on any atom is -0.359 e. The van der Waals surface area contributed by atoms with Gasteiger partial charge in [-0.05, 0) is 47.7 Å². The molecule has 4 rings (SSSR count). The van der Waals surface area contributed by atoms with E-state index in [1.54, 1.807) is 0 Å². The van der Waals surface area contributed by atoms with Crippen LogP contribution in [0.2, 0.25) is 0 Å². The van der Waals surface area contributed by atoms with Gasteiger partial charge in [-0.3, -0.25) is 4.79 Å². The molecule has 4 atom stereocenters. The molecule has 0 aromatic heterocycles. The Labute approximate surface area is 256 Å². The van der Waals surface area contributed by atoms with Crippen molar-refractivity contribution in [2.24, 2.45) is 5.92 Å². The molecule has 3 aromatic carbocycles. The maximum atomic E-state index is 15.9. The molecule has 1 heterocycles. The van der Waals surface area contributed by atoms with Gasteiger partial charge in [0, 0.05) is 30.8 Å². The fourth-order valence-corrected chi connectivity index (χ4v) is 8.30. The van der Waals surface area contributed by atoms with Crippen molar-refractivity contribution >= 4 is 15.9 Å². The van der Waals surface area contributed by atoms with Crippen LogP contribution in [0.4, 0.5) is 30.7 Å². The van der Waals surface area contributed by atoms with Gasteiger partial charge in [0.15, 0.2) is 0 Å². The molecule has 5 nitrogen and oxygen atoms in total. The Morgan fingerprint density at radius 1 is 0.933 bits per heavy atom. The first-order chi connectivity index (χ1) is 21.0. The van der Waals surface area contributed by atoms with Gasteiger partial charge in [0.1, 0.15) is 17.7 Å². The van der Waals surface area contributed by atoms with Crippen LogP contribution >= 0.6 is 0 Å². The normalized spacial score (nSPS) is 22.8. The number of piperidine rings is 1. The Hall–Kier alpha value is -3.71. The van der Waals surface area contributed by atoms with Gasteiger partial charge in [-0.25, -0.2) is 12.8 Å². The number of alkyl halides is 6. The summed E-state index contributed by atoms with van der Waals surface area (Å²) in [6, 6.07) is 14.3. The number of nitrogens with zero attached hydrogens (tertiary/aromatic N) is 1. The number of benzene rings is 3. The van der Waals surface area contributed by atoms with E-state index in [0.29, 0.717) is 5.41 Å². The smallest absolute Gasteiger partial charge is 0.359 e. The maximum absolute atomic E-state index is 15.9. The van der Waals surface area contributed by atoms with Gasteiger partial charge in [0.05, 0.1) is 5.54 Å². The third-order valence-electron chi connectivity index (χ3n) is 8.49. The summed E-state index contributed by atoms with van der Waals surface area (Å²) in [4.78, 5) is 13.5. The van der Waals surface area contributed by atoms with Crippen LogP contribution in [0.25, 0.3) is 0 Å². The lowest BCUT2D eigenvalue weighted by atomic mass is 9.54. The van der Waals surface area contributed by atoms with E-state index < -0.39 is 87.4 Å². The van der Waals surface area contributed by atoms with E-state index in [4.69, 9.17) is 0 Å². The Morgan fingerprint density at radius 2 is 1.42 bits per heavy atom. The molecule has 1 amide bonds. The zero-order valence-electron chi connectivity index (χ0n) is 24.2. The molecule has 0 radical (unpaired) electrons. The zero-order valence-corrected chi connectivity index (χ0v) is 25.1. The number of hydrogen-bond donors (Lipinski definition) is 1. The number of nitrogens with one attached hydrogen (secondary N) is 1. The minimum absolute atomic E-state index is 0.0564. The number of halogens is 7. The number of hydrogen-bond acceptors (Lipinski definition) is 3. The van der Waals surface area contributed by atoms with E-state index in [2.05, 4.69) is 11.9 Å². The molecule has 0 aliphatic carbocycles. The summed E-state index contributed by atoms with van der Waals surface area (Å²) >= 11 is 0. The highest BCUT2D eigenvalue weighted by Crippen LogP contribution is 2.65. The van der Waals surface area contributed by atoms with Crippen LogP contribution in [0.1, 0.15) is 46.4 Å². The zero-order chi connectivity index (χ0) is 33.4. The quantitative estimate of drug-likeness (QED) is 0.261. The first-order valence-corrected chi connectivity index (χ1v) is 15.4. The standard InChI is InChI=1S/C32H31F7N2O3S/c1-4-45(43,44)41-18-17-25(29(42)40-3)26(24-16-15-23(33)19-20(24)2)30(41,27(31(34,35)36)21-11-7-5-8-12-21)28(32(37,38)39)22-13-9-6-10-14-22/h4-16,19,25-28H,1,17-18H2,2-3H3,(H,40,42). The van der Waals surface area contributed by atoms with Crippen molar-refractivity contribution in [3.63, 3.8) is 0 Å². The third kappa shape index (κ3) is 6.24. The molecule has 3 aromatic rings. The summed E-state index contributed by atoms with van der Waals surface area (Å²) in [6.07, 6.45) is -11.5. The molecule has 1 saturated heterocycles. The predicted molar refractivity (Wildman–Crippen MR) is 155 cm³/mol. The second-order valence-corrected chi connectivity index (χ2v) is 12.7. The van der Waals surface area contributed by atoms with Crippen LogP contribution in [-0.2, 0) is 14.8 Å². The van der Waals surface area contributed by atoms with Gasteiger partial charge in [0.25, 0.3) is 0 Å². The van der Waals surface area contributed by atoms with Crippen LogP contribution in [0.15, 0.2) is 90.8 Å². The van der Waals surface area contributed by atoms with Gasteiger partial charge in [-0.15, -0.1) is 0 Å². The van der Waals surface area contributed by atoms with Crippen molar-refractivity contribution in [1.82, 2.24) is 9.62 Å². The Bertz CT molecular complexity index is 1570. The average Bonchev–Trinajstić information content (AvgIpc) is 2.96. The summed E-state index contributed by atoms with van der Waals surface area (Å²) in [5.41, 5.74) is -5.10. The Kier molecular flexibility index (Phi) is 9.56. The van der Waals surface area contributed by atoms with E-state index in [1.165, 1.54) is 50.4 Å². The van der Waals surface area contributed by atoms with Crippen molar-refractivity contribution in [2.45, 2.75) is 49.0 Å². The molecule has 45 heavy (non-hydrogen) atoms. The summed E-state index contributed by atoms with van der Waals surface area (Å²) < 4.78 is 138. The number of amides is 1. The SMILES string of the molecule is C=CS(=O)(=O)N1CCC(C(=O)NC)C(c2ccc(F)cc2C)C1(C(c1ccccc1)C(F)(F)F)C(c1ccccc1)C(F)(F)F. The molecular weight excluding hydrogens is 625 g/mol. The predicted octanol–water partition coefficient (Wildman–Crippen LogP) is 7.19. The van der Waals surface area contributed by atoms with E-state index in [1.807, 2.05) is 0 Å². The molecule has 0 bridgehead atoms. The highest BCUT2D eigenvalue weighted by atomic mass is 32.2. The summed E-state index contributed by atoms with van der Waals surface area (Å²) in [5, 5.41) is 2.65. The number of aryl methyl sites for hydroxylation is 1. The van der Waals surface area contributed by atoms with E-state index in [9.17, 15) is 17.6 Å². The maximum Gasteiger partial charge on any atom is 0.397 e. The third-order valence-corrected chi connectivity index (χ3v) is 10.0. The van der Waals surface area contributed by atoms with Crippen LogP contribution in [0.3, 0.4) is 0 Å². The summed E-state index contributed by atoms with van der Waals surface area (Å²) in [5.74, 6) is -11.7. The Morgan fingerprint density at radius 3 is 1.82 bits per heavy atom. The van der Waals surface area contributed by atoms with E-state index >= 15 is 26.3 Å². The van der Waals surface area contributed by atoms with Crippen molar-refractivity contribution in [3.05, 3.63) is 119 Å². The molecule has 1 fully saturated rings. The Balaban J connectivity index is 2.39. The van der Waals surface area contributed by atoms with E-state index in [-0.39, 0.29) is 15.4 Å². The van der Waals surface area contributed by atoms with Crippen molar-refractivity contribution in [1.29, 1.82) is 0 Å². The highest BCUT2D eigenvalue weighted by Gasteiger charge is 2.73. The molecule has 1 N–H and O–H groups in total. The fraction of sp³-hybridized carbons (Fsp3) is 0.344. The van der Waals surface area contributed by atoms with Crippen molar-refractivity contribution in [3.8, 4) is 0 Å². The minimum atomic E-state index is -5.51. The number of carbonyl (C=O) groups is 1. The molecule has 13 heteroatoms. The lowest BCUT2D eigenvalue weighted by molar-refractivity contribution is -0.231. The molecule has 0 saturated carbocycles. The van der Waals surface area contributed by atoms with Gasteiger partial charge in [-0.2, -0.15) is 30.6 Å². The van der Waals surface area contributed by atoms with Crippen LogP contribution < -0.4 is 5.32 Å². The van der Waals surface area contributed by atoms with Crippen LogP contribution in [0.5, 0.6) is 0 Å². The molecule has 1 aliphatic heterocycles. The summed E-state index contributed by atoms with van der Waals surface area (Å²) in [7, 11) is -3.90. The van der Waals surface area contributed by atoms with Gasteiger partial charge in [0.2, 0.25) is 15.9 Å². The average molecular weight is 657 g/mol. The molecule has 1 aliphatic rings. The second kappa shape index (κ2) is 12.6. The number of rotatable bonds is 8. The van der Waals surface area contributed by atoms with Crippen molar-refractivity contribution < 1.29 is 43.9 Å². The summed E-state index contributed by atoms with van der Waals surface area (Å²) in [6.45, 7) is 3.66. The van der Waals surface area contributed by atoms with Crippen molar-refractivity contribution in [2.75, 3.05) is 13.6 Å². The molecular formula is C32H31F7N2O3S. The monoisotopic (exact) mass is 656 g/mol. The van der Waals surface area contributed by atoms with Crippen LogP contribution in [-0.4, -0.2) is 50.1 Å². The lowest BCUT2D eigenvalue weighted by Gasteiger charge is -2.60. The molecule has 0 spiro atoms. The molecule has 242 valence electrons. The van der Waals surface area contributed by atoms with Gasteiger partial charge < -0.3 is 5.32 Å². The second-order valence-electron chi connectivity index (χ2n) is 10.9. The highest BCUT2D eigenvalue weighted by molar-refractivity contribution is 7.92. The topological polar surface area (TPSA) is 66.5 Å².